The summed E-state index contributed by atoms with van der Waals surface area (Å²) in [6.45, 7) is 4.48. The van der Waals surface area contributed by atoms with Crippen molar-refractivity contribution in [2.75, 3.05) is 6.54 Å². The van der Waals surface area contributed by atoms with Gasteiger partial charge in [-0.1, -0.05) is 82.1 Å². The number of nitrogens with one attached hydrogen (secondary N) is 2. The molecule has 2 rings (SSSR count). The fourth-order valence-electron chi connectivity index (χ4n) is 2.17. The maximum Gasteiger partial charge on any atom is 0.414 e. The zero-order valence-corrected chi connectivity index (χ0v) is 19.8. The lowest BCUT2D eigenvalue weighted by Gasteiger charge is -2.13. The summed E-state index contributed by atoms with van der Waals surface area (Å²) in [5.41, 5.74) is 1.63. The largest absolute Gasteiger partial charge is 0.444 e. The molecule has 0 aliphatic heterocycles. The van der Waals surface area contributed by atoms with Gasteiger partial charge in [-0.3, -0.25) is 15.6 Å². The number of hydrogen-bond donors (Lipinski definition) is 2. The fourth-order valence-corrected chi connectivity index (χ4v) is 2.97. The number of carbonyl (C=O) groups excluding carboxylic acids is 2. The van der Waals surface area contributed by atoms with Gasteiger partial charge >= 0.3 is 12.2 Å². The topological polar surface area (TPSA) is 89.0 Å². The van der Waals surface area contributed by atoms with Crippen LogP contribution < -0.4 is 10.6 Å². The molecule has 0 bridgehead atoms. The second-order valence-electron chi connectivity index (χ2n) is 6.67. The van der Waals surface area contributed by atoms with E-state index in [0.717, 1.165) is 20.1 Å². The molecule has 0 saturated heterocycles. The minimum Gasteiger partial charge on any atom is -0.444 e. The van der Waals surface area contributed by atoms with Crippen LogP contribution in [0.15, 0.2) is 62.5 Å². The lowest BCUT2D eigenvalue weighted by Crippen LogP contribution is -2.44. The average Bonchev–Trinajstić information content (AvgIpc) is 2.71. The van der Waals surface area contributed by atoms with Gasteiger partial charge in [-0.15, -0.1) is 0 Å². The van der Waals surface area contributed by atoms with Crippen LogP contribution in [0.25, 0.3) is 0 Å². The fraction of sp³-hybridized carbons (Fsp3) is 0.286. The summed E-state index contributed by atoms with van der Waals surface area (Å²) in [7, 11) is 0. The van der Waals surface area contributed by atoms with E-state index >= 15 is 0 Å². The van der Waals surface area contributed by atoms with E-state index in [2.05, 4.69) is 47.5 Å². The number of carbonyl (C=O) groups is 2. The first kappa shape index (κ1) is 23.9. The summed E-state index contributed by atoms with van der Waals surface area (Å²) >= 11 is 6.80. The van der Waals surface area contributed by atoms with Gasteiger partial charge in [-0.05, 0) is 18.1 Å². The number of alkyl carbamates (subject to hydrolysis) is 2. The maximum absolute atomic E-state index is 12.2. The van der Waals surface area contributed by atoms with Crippen molar-refractivity contribution >= 4 is 50.0 Å². The Morgan fingerprint density at radius 1 is 0.867 bits per heavy atom. The molecular formula is C21H23Br2N3O4. The van der Waals surface area contributed by atoms with E-state index in [1.807, 2.05) is 62.4 Å². The maximum atomic E-state index is 12.2. The third kappa shape index (κ3) is 8.54. The van der Waals surface area contributed by atoms with Crippen LogP contribution in [0.3, 0.4) is 0 Å². The molecule has 2 aromatic carbocycles. The Hall–Kier alpha value is -2.39. The first-order chi connectivity index (χ1) is 14.3. The van der Waals surface area contributed by atoms with Crippen LogP contribution in [0.4, 0.5) is 9.59 Å². The van der Waals surface area contributed by atoms with Gasteiger partial charge in [0.15, 0.2) is 0 Å². The van der Waals surface area contributed by atoms with Crippen LogP contribution in [0.2, 0.25) is 0 Å². The highest BCUT2D eigenvalue weighted by Crippen LogP contribution is 2.17. The third-order valence-electron chi connectivity index (χ3n) is 3.69. The molecule has 0 atom stereocenters. The Balaban J connectivity index is 1.91. The van der Waals surface area contributed by atoms with Crippen LogP contribution in [0, 0.1) is 5.92 Å². The standard InChI is InChI=1S/C21H23Br2N3O4/c1-14(2)11-24-19(25-20(27)29-12-15-7-3-5-9-17(15)22)26-21(28)30-13-16-8-4-6-10-18(16)23/h3-10,14H,11-13H2,1-2H3,(H2,24,25,26,27,28). The quantitative estimate of drug-likeness (QED) is 0.380. The minimum absolute atomic E-state index is 0.0297. The van der Waals surface area contributed by atoms with Gasteiger partial charge in [-0.2, -0.15) is 0 Å². The van der Waals surface area contributed by atoms with Crippen molar-refractivity contribution in [1.29, 1.82) is 0 Å². The molecule has 0 aliphatic rings. The molecule has 0 spiro atoms. The monoisotopic (exact) mass is 539 g/mol. The summed E-state index contributed by atoms with van der Waals surface area (Å²) in [5, 5.41) is 4.91. The Morgan fingerprint density at radius 3 is 1.70 bits per heavy atom. The van der Waals surface area contributed by atoms with E-state index in [9.17, 15) is 9.59 Å². The predicted octanol–water partition coefficient (Wildman–Crippen LogP) is 5.38. The molecule has 2 amide bonds. The number of guanidine groups is 1. The molecule has 0 aromatic heterocycles. The van der Waals surface area contributed by atoms with E-state index in [1.54, 1.807) is 0 Å². The van der Waals surface area contributed by atoms with Crippen molar-refractivity contribution in [2.24, 2.45) is 10.9 Å². The average molecular weight is 541 g/mol. The van der Waals surface area contributed by atoms with Gasteiger partial charge in [0, 0.05) is 26.6 Å². The molecule has 7 nitrogen and oxygen atoms in total. The summed E-state index contributed by atoms with van der Waals surface area (Å²) in [5.74, 6) is 0.203. The molecule has 0 radical (unpaired) electrons. The van der Waals surface area contributed by atoms with Gasteiger partial charge in [-0.25, -0.2) is 9.59 Å². The second-order valence-corrected chi connectivity index (χ2v) is 8.38. The van der Waals surface area contributed by atoms with E-state index in [4.69, 9.17) is 9.47 Å². The minimum atomic E-state index is -0.737. The normalized spacial score (nSPS) is 10.3. The van der Waals surface area contributed by atoms with Crippen LogP contribution in [-0.4, -0.2) is 24.7 Å². The van der Waals surface area contributed by atoms with Crippen LogP contribution in [-0.2, 0) is 22.7 Å². The van der Waals surface area contributed by atoms with Gasteiger partial charge in [0.25, 0.3) is 0 Å². The van der Waals surface area contributed by atoms with Crippen molar-refractivity contribution in [1.82, 2.24) is 10.6 Å². The molecule has 30 heavy (non-hydrogen) atoms. The Kier molecular flexibility index (Phi) is 9.82. The number of ether oxygens (including phenoxy) is 2. The van der Waals surface area contributed by atoms with Crippen molar-refractivity contribution in [3.8, 4) is 0 Å². The van der Waals surface area contributed by atoms with E-state index in [1.165, 1.54) is 0 Å². The molecule has 0 fully saturated rings. The van der Waals surface area contributed by atoms with Gasteiger partial charge in [0.2, 0.25) is 5.96 Å². The van der Waals surface area contributed by atoms with Crippen molar-refractivity contribution in [3.63, 3.8) is 0 Å². The van der Waals surface area contributed by atoms with Gasteiger partial charge in [0.05, 0.1) is 0 Å². The summed E-state index contributed by atoms with van der Waals surface area (Å²) in [6.07, 6.45) is -1.47. The first-order valence-corrected chi connectivity index (χ1v) is 10.8. The number of benzene rings is 2. The van der Waals surface area contributed by atoms with Gasteiger partial charge in [0.1, 0.15) is 13.2 Å². The molecule has 160 valence electrons. The number of hydrogen-bond acceptors (Lipinski definition) is 5. The number of amides is 2. The third-order valence-corrected chi connectivity index (χ3v) is 5.24. The highest BCUT2D eigenvalue weighted by Gasteiger charge is 2.13. The Bertz CT molecular complexity index is 838. The lowest BCUT2D eigenvalue weighted by molar-refractivity contribution is 0.141. The number of rotatable bonds is 6. The Labute approximate surface area is 192 Å². The molecule has 0 unspecified atom stereocenters. The first-order valence-electron chi connectivity index (χ1n) is 9.24. The molecule has 0 heterocycles. The summed E-state index contributed by atoms with van der Waals surface area (Å²) in [4.78, 5) is 28.5. The van der Waals surface area contributed by atoms with Crippen LogP contribution >= 0.6 is 31.9 Å². The smallest absolute Gasteiger partial charge is 0.414 e. The predicted molar refractivity (Wildman–Crippen MR) is 122 cm³/mol. The highest BCUT2D eigenvalue weighted by atomic mass is 79.9. The zero-order chi connectivity index (χ0) is 21.9. The summed E-state index contributed by atoms with van der Waals surface area (Å²) < 4.78 is 12.1. The number of aliphatic imine (C=N–C) groups is 1. The SMILES string of the molecule is CC(C)CN=C(NC(=O)OCc1ccccc1Br)NC(=O)OCc1ccccc1Br. The van der Waals surface area contributed by atoms with Crippen molar-refractivity contribution in [3.05, 3.63) is 68.6 Å². The Morgan fingerprint density at radius 2 is 1.30 bits per heavy atom. The number of nitrogens with zero attached hydrogens (tertiary/aromatic N) is 1. The van der Waals surface area contributed by atoms with Crippen molar-refractivity contribution in [2.45, 2.75) is 27.1 Å². The van der Waals surface area contributed by atoms with Gasteiger partial charge < -0.3 is 9.47 Å². The van der Waals surface area contributed by atoms with Crippen molar-refractivity contribution < 1.29 is 19.1 Å². The van der Waals surface area contributed by atoms with E-state index < -0.39 is 12.2 Å². The van der Waals surface area contributed by atoms with E-state index in [0.29, 0.717) is 6.54 Å². The number of halogens is 2. The molecule has 2 aromatic rings. The zero-order valence-electron chi connectivity index (χ0n) is 16.7. The molecule has 0 saturated carbocycles. The second kappa shape index (κ2) is 12.3. The molecule has 0 aliphatic carbocycles. The van der Waals surface area contributed by atoms with E-state index in [-0.39, 0.29) is 25.1 Å². The highest BCUT2D eigenvalue weighted by molar-refractivity contribution is 9.10. The molecule has 9 heteroatoms. The molecule has 2 N–H and O–H groups in total. The summed E-state index contributed by atoms with van der Waals surface area (Å²) in [6, 6.07) is 14.8. The molecular weight excluding hydrogens is 518 g/mol. The van der Waals surface area contributed by atoms with Crippen LogP contribution in [0.5, 0.6) is 0 Å². The van der Waals surface area contributed by atoms with Crippen LogP contribution in [0.1, 0.15) is 25.0 Å². The lowest BCUT2D eigenvalue weighted by atomic mass is 10.2.